The van der Waals surface area contributed by atoms with E-state index in [1.807, 2.05) is 16.7 Å². The molecule has 1 atom stereocenters. The Bertz CT molecular complexity index is 565. The summed E-state index contributed by atoms with van der Waals surface area (Å²) in [5.74, 6) is 0.503. The first kappa shape index (κ1) is 16.3. The van der Waals surface area contributed by atoms with Gasteiger partial charge in [-0.3, -0.25) is 0 Å². The molecule has 1 heterocycles. The third-order valence-corrected chi connectivity index (χ3v) is 4.22. The van der Waals surface area contributed by atoms with Crippen molar-refractivity contribution in [3.63, 3.8) is 0 Å². The molecule has 1 unspecified atom stereocenters. The van der Waals surface area contributed by atoms with Crippen molar-refractivity contribution >= 4 is 23.4 Å². The van der Waals surface area contributed by atoms with E-state index in [0.717, 1.165) is 23.7 Å². The number of hydrogen-bond donors (Lipinski definition) is 1. The molecule has 0 saturated heterocycles. The maximum atomic E-state index is 10.2. The SMILES string of the molecule is COCCCn1cnnc1SCC(O)c1cccc(Cl)c1. The maximum Gasteiger partial charge on any atom is 0.191 e. The van der Waals surface area contributed by atoms with Crippen LogP contribution in [0.25, 0.3) is 0 Å². The lowest BCUT2D eigenvalue weighted by atomic mass is 10.1. The average molecular weight is 328 g/mol. The highest BCUT2D eigenvalue weighted by Crippen LogP contribution is 2.24. The fourth-order valence-electron chi connectivity index (χ4n) is 1.85. The van der Waals surface area contributed by atoms with Crippen LogP contribution in [0.4, 0.5) is 0 Å². The molecular weight excluding hydrogens is 310 g/mol. The first-order chi connectivity index (χ1) is 10.2. The lowest BCUT2D eigenvalue weighted by Crippen LogP contribution is -2.05. The molecule has 1 N–H and O–H groups in total. The van der Waals surface area contributed by atoms with Gasteiger partial charge in [-0.15, -0.1) is 10.2 Å². The van der Waals surface area contributed by atoms with Crippen molar-refractivity contribution in [3.8, 4) is 0 Å². The molecule has 0 aliphatic carbocycles. The van der Waals surface area contributed by atoms with Crippen LogP contribution in [0, 0.1) is 0 Å². The second-order valence-corrected chi connectivity index (χ2v) is 5.96. The zero-order valence-corrected chi connectivity index (χ0v) is 13.3. The molecule has 5 nitrogen and oxygen atoms in total. The Kier molecular flexibility index (Phi) is 6.50. The van der Waals surface area contributed by atoms with E-state index in [4.69, 9.17) is 16.3 Å². The summed E-state index contributed by atoms with van der Waals surface area (Å²) in [7, 11) is 1.68. The molecule has 7 heteroatoms. The standard InChI is InChI=1S/C14H18ClN3O2S/c1-20-7-3-6-18-10-16-17-14(18)21-9-13(19)11-4-2-5-12(15)8-11/h2,4-5,8,10,13,19H,3,6-7,9H2,1H3. The lowest BCUT2D eigenvalue weighted by molar-refractivity contribution is 0.189. The Morgan fingerprint density at radius 3 is 3.10 bits per heavy atom. The average Bonchev–Trinajstić information content (AvgIpc) is 2.92. The zero-order valence-electron chi connectivity index (χ0n) is 11.8. The molecule has 0 spiro atoms. The van der Waals surface area contributed by atoms with Gasteiger partial charge in [0.25, 0.3) is 0 Å². The molecule has 0 amide bonds. The van der Waals surface area contributed by atoms with Gasteiger partial charge in [0.1, 0.15) is 6.33 Å². The van der Waals surface area contributed by atoms with Crippen molar-refractivity contribution < 1.29 is 9.84 Å². The fourth-order valence-corrected chi connectivity index (χ4v) is 2.96. The van der Waals surface area contributed by atoms with E-state index in [1.54, 1.807) is 25.6 Å². The third kappa shape index (κ3) is 5.00. The highest BCUT2D eigenvalue weighted by atomic mass is 35.5. The number of hydrogen-bond acceptors (Lipinski definition) is 5. The molecule has 0 radical (unpaired) electrons. The summed E-state index contributed by atoms with van der Waals surface area (Å²) in [4.78, 5) is 0. The largest absolute Gasteiger partial charge is 0.388 e. The number of aryl methyl sites for hydroxylation is 1. The summed E-state index contributed by atoms with van der Waals surface area (Å²) in [5.41, 5.74) is 0.806. The number of thioether (sulfide) groups is 1. The van der Waals surface area contributed by atoms with Crippen LogP contribution in [0.5, 0.6) is 0 Å². The van der Waals surface area contributed by atoms with Gasteiger partial charge in [-0.05, 0) is 24.1 Å². The summed E-state index contributed by atoms with van der Waals surface area (Å²) in [6.45, 7) is 1.50. The van der Waals surface area contributed by atoms with Gasteiger partial charge in [0, 0.05) is 31.0 Å². The van der Waals surface area contributed by atoms with E-state index in [-0.39, 0.29) is 0 Å². The van der Waals surface area contributed by atoms with Crippen LogP contribution in [-0.2, 0) is 11.3 Å². The van der Waals surface area contributed by atoms with E-state index in [1.165, 1.54) is 11.8 Å². The monoisotopic (exact) mass is 327 g/mol. The molecule has 2 rings (SSSR count). The van der Waals surface area contributed by atoms with E-state index < -0.39 is 6.10 Å². The molecule has 0 aliphatic rings. The number of rotatable bonds is 8. The Morgan fingerprint density at radius 2 is 2.33 bits per heavy atom. The number of aliphatic hydroxyl groups is 1. The maximum absolute atomic E-state index is 10.2. The molecule has 21 heavy (non-hydrogen) atoms. The summed E-state index contributed by atoms with van der Waals surface area (Å²) < 4.78 is 7.00. The van der Waals surface area contributed by atoms with Gasteiger partial charge in [0.15, 0.2) is 5.16 Å². The van der Waals surface area contributed by atoms with Crippen molar-refractivity contribution in [3.05, 3.63) is 41.2 Å². The van der Waals surface area contributed by atoms with Crippen LogP contribution < -0.4 is 0 Å². The van der Waals surface area contributed by atoms with Gasteiger partial charge in [-0.25, -0.2) is 0 Å². The summed E-state index contributed by atoms with van der Waals surface area (Å²) in [6, 6.07) is 7.26. The molecule has 0 bridgehead atoms. The smallest absolute Gasteiger partial charge is 0.191 e. The van der Waals surface area contributed by atoms with Gasteiger partial charge in [-0.1, -0.05) is 35.5 Å². The molecule has 1 aromatic heterocycles. The van der Waals surface area contributed by atoms with E-state index in [2.05, 4.69) is 10.2 Å². The summed E-state index contributed by atoms with van der Waals surface area (Å²) in [5, 5.41) is 19.6. The highest BCUT2D eigenvalue weighted by Gasteiger charge is 2.11. The number of methoxy groups -OCH3 is 1. The van der Waals surface area contributed by atoms with Crippen molar-refractivity contribution in [1.29, 1.82) is 0 Å². The Morgan fingerprint density at radius 1 is 1.48 bits per heavy atom. The number of benzene rings is 1. The second-order valence-electron chi connectivity index (χ2n) is 4.54. The Balaban J connectivity index is 1.89. The topological polar surface area (TPSA) is 60.2 Å². The molecule has 0 fully saturated rings. The van der Waals surface area contributed by atoms with Crippen molar-refractivity contribution in [1.82, 2.24) is 14.8 Å². The molecule has 114 valence electrons. The molecular formula is C14H18ClN3O2S. The molecule has 0 aliphatic heterocycles. The summed E-state index contributed by atoms with van der Waals surface area (Å²) >= 11 is 7.40. The number of aliphatic hydroxyl groups excluding tert-OH is 1. The van der Waals surface area contributed by atoms with Crippen LogP contribution in [0.15, 0.2) is 35.7 Å². The van der Waals surface area contributed by atoms with Gasteiger partial charge in [-0.2, -0.15) is 0 Å². The van der Waals surface area contributed by atoms with Crippen molar-refractivity contribution in [2.45, 2.75) is 24.2 Å². The van der Waals surface area contributed by atoms with Crippen molar-refractivity contribution in [2.24, 2.45) is 0 Å². The van der Waals surface area contributed by atoms with Crippen LogP contribution in [0.2, 0.25) is 5.02 Å². The predicted molar refractivity (Wildman–Crippen MR) is 83.7 cm³/mol. The van der Waals surface area contributed by atoms with Gasteiger partial charge in [0.05, 0.1) is 6.10 Å². The summed E-state index contributed by atoms with van der Waals surface area (Å²) in [6.07, 6.45) is 2.01. The zero-order chi connectivity index (χ0) is 15.1. The van der Waals surface area contributed by atoms with Crippen LogP contribution in [0.1, 0.15) is 18.1 Å². The predicted octanol–water partition coefficient (Wildman–Crippen LogP) is 2.79. The molecule has 0 saturated carbocycles. The van der Waals surface area contributed by atoms with Gasteiger partial charge >= 0.3 is 0 Å². The second kappa shape index (κ2) is 8.38. The van der Waals surface area contributed by atoms with Crippen LogP contribution in [0.3, 0.4) is 0 Å². The first-order valence-electron chi connectivity index (χ1n) is 6.64. The fraction of sp³-hybridized carbons (Fsp3) is 0.429. The number of aromatic nitrogens is 3. The van der Waals surface area contributed by atoms with Crippen LogP contribution in [-0.4, -0.2) is 39.3 Å². The Hall–Kier alpha value is -1.08. The number of ether oxygens (including phenoxy) is 1. The first-order valence-corrected chi connectivity index (χ1v) is 8.00. The quantitative estimate of drug-likeness (QED) is 0.596. The van der Waals surface area contributed by atoms with Crippen molar-refractivity contribution in [2.75, 3.05) is 19.5 Å². The third-order valence-electron chi connectivity index (χ3n) is 2.93. The van der Waals surface area contributed by atoms with E-state index >= 15 is 0 Å². The normalized spacial score (nSPS) is 12.5. The minimum atomic E-state index is -0.585. The molecule has 1 aromatic carbocycles. The minimum Gasteiger partial charge on any atom is -0.388 e. The van der Waals surface area contributed by atoms with E-state index in [9.17, 15) is 5.11 Å². The van der Waals surface area contributed by atoms with E-state index in [0.29, 0.717) is 17.4 Å². The lowest BCUT2D eigenvalue weighted by Gasteiger charge is -2.11. The highest BCUT2D eigenvalue weighted by molar-refractivity contribution is 7.99. The van der Waals surface area contributed by atoms with Gasteiger partial charge < -0.3 is 14.4 Å². The Labute approximate surface area is 133 Å². The molecule has 2 aromatic rings. The van der Waals surface area contributed by atoms with Crippen LogP contribution >= 0.6 is 23.4 Å². The van der Waals surface area contributed by atoms with Gasteiger partial charge in [0.2, 0.25) is 0 Å². The minimum absolute atomic E-state index is 0.503. The number of nitrogens with zero attached hydrogens (tertiary/aromatic N) is 3. The number of halogens is 1.